The van der Waals surface area contributed by atoms with Gasteiger partial charge in [0.2, 0.25) is 11.8 Å². The number of carbonyl (C=O) groups is 2. The van der Waals surface area contributed by atoms with Crippen LogP contribution >= 0.6 is 39.1 Å². The average molecular weight is 625 g/mol. The van der Waals surface area contributed by atoms with E-state index in [1.807, 2.05) is 24.3 Å². The fraction of sp³-hybridized carbons (Fsp3) is 0.231. The van der Waals surface area contributed by atoms with Crippen molar-refractivity contribution in [3.05, 3.63) is 86.8 Å². The normalized spacial score (nSPS) is 14.3. The van der Waals surface area contributed by atoms with Crippen LogP contribution in [0, 0.1) is 5.92 Å². The molecule has 0 aromatic heterocycles. The molecule has 0 spiro atoms. The van der Waals surface area contributed by atoms with E-state index < -0.39 is 10.0 Å². The Balaban J connectivity index is 1.29. The number of benzene rings is 3. The summed E-state index contributed by atoms with van der Waals surface area (Å²) in [7, 11) is -3.99. The molecule has 0 unspecified atom stereocenters. The molecule has 1 heterocycles. The number of rotatable bonds is 7. The number of amides is 2. The number of piperidine rings is 1. The third kappa shape index (κ3) is 7.04. The zero-order valence-electron chi connectivity index (χ0n) is 19.6. The Labute approximate surface area is 234 Å². The van der Waals surface area contributed by atoms with Gasteiger partial charge in [-0.15, -0.1) is 0 Å². The first-order chi connectivity index (χ1) is 17.6. The van der Waals surface area contributed by atoms with Crippen molar-refractivity contribution in [1.29, 1.82) is 0 Å². The molecule has 0 atom stereocenters. The molecular weight excluding hydrogens is 601 g/mol. The van der Waals surface area contributed by atoms with Gasteiger partial charge >= 0.3 is 0 Å². The van der Waals surface area contributed by atoms with Gasteiger partial charge in [-0.05, 0) is 60.9 Å². The number of carbonyl (C=O) groups excluding carboxylic acids is 2. The molecule has 0 saturated carbocycles. The molecule has 0 radical (unpaired) electrons. The number of hydrogen-bond donors (Lipinski definition) is 2. The molecule has 1 fully saturated rings. The molecule has 11 heteroatoms. The largest absolute Gasteiger partial charge is 0.342 e. The minimum Gasteiger partial charge on any atom is -0.342 e. The summed E-state index contributed by atoms with van der Waals surface area (Å²) in [4.78, 5) is 27.0. The van der Waals surface area contributed by atoms with Gasteiger partial charge in [0, 0.05) is 34.9 Å². The molecule has 3 aromatic rings. The third-order valence-corrected chi connectivity index (χ3v) is 8.89. The Morgan fingerprint density at radius 1 is 0.919 bits per heavy atom. The number of nitrogens with one attached hydrogen (secondary N) is 2. The standard InChI is InChI=1S/C26H24BrCl2N3O4S/c27-19-3-1-4-21(16-19)30-26(34)18-11-13-32(14-12-18)24(33)15-17-7-9-20(10-8-17)31-37(35,36)25-22(28)5-2-6-23(25)29/h1-10,16,18,31H,11-15H2,(H,30,34). The molecule has 2 N–H and O–H groups in total. The van der Waals surface area contributed by atoms with Crippen molar-refractivity contribution in [1.82, 2.24) is 4.90 Å². The Morgan fingerprint density at radius 2 is 1.54 bits per heavy atom. The number of anilines is 2. The highest BCUT2D eigenvalue weighted by molar-refractivity contribution is 9.10. The van der Waals surface area contributed by atoms with Crippen LogP contribution in [0.3, 0.4) is 0 Å². The Morgan fingerprint density at radius 3 is 2.16 bits per heavy atom. The quantitative estimate of drug-likeness (QED) is 0.338. The van der Waals surface area contributed by atoms with Gasteiger partial charge in [0.05, 0.1) is 16.5 Å². The Bertz CT molecular complexity index is 1390. The fourth-order valence-corrected chi connectivity index (χ4v) is 6.73. The first-order valence-electron chi connectivity index (χ1n) is 11.5. The van der Waals surface area contributed by atoms with Gasteiger partial charge in [0.25, 0.3) is 10.0 Å². The van der Waals surface area contributed by atoms with Gasteiger partial charge in [-0.1, -0.05) is 63.4 Å². The van der Waals surface area contributed by atoms with E-state index in [0.717, 1.165) is 15.7 Å². The van der Waals surface area contributed by atoms with E-state index in [4.69, 9.17) is 23.2 Å². The van der Waals surface area contributed by atoms with E-state index >= 15 is 0 Å². The molecule has 194 valence electrons. The van der Waals surface area contributed by atoms with Crippen LogP contribution in [0.15, 0.2) is 76.1 Å². The summed E-state index contributed by atoms with van der Waals surface area (Å²) in [6.07, 6.45) is 1.37. The third-order valence-electron chi connectivity index (χ3n) is 6.06. The van der Waals surface area contributed by atoms with E-state index in [-0.39, 0.29) is 39.1 Å². The summed E-state index contributed by atoms with van der Waals surface area (Å²) >= 11 is 15.5. The number of halogens is 3. The van der Waals surface area contributed by atoms with Crippen LogP contribution in [-0.4, -0.2) is 38.2 Å². The molecule has 37 heavy (non-hydrogen) atoms. The highest BCUT2D eigenvalue weighted by Crippen LogP contribution is 2.30. The van der Waals surface area contributed by atoms with E-state index in [0.29, 0.717) is 31.6 Å². The van der Waals surface area contributed by atoms with Crippen molar-refractivity contribution >= 4 is 72.3 Å². The van der Waals surface area contributed by atoms with Crippen molar-refractivity contribution in [3.8, 4) is 0 Å². The van der Waals surface area contributed by atoms with E-state index in [1.54, 1.807) is 35.2 Å². The second-order valence-corrected chi connectivity index (χ2v) is 12.0. The molecule has 7 nitrogen and oxygen atoms in total. The Kier molecular flexibility index (Phi) is 8.79. The maximum Gasteiger partial charge on any atom is 0.264 e. The zero-order chi connectivity index (χ0) is 26.6. The fourth-order valence-electron chi connectivity index (χ4n) is 4.12. The molecule has 2 amide bonds. The smallest absolute Gasteiger partial charge is 0.264 e. The van der Waals surface area contributed by atoms with Gasteiger partial charge in [0.15, 0.2) is 0 Å². The first kappa shape index (κ1) is 27.4. The lowest BCUT2D eigenvalue weighted by Crippen LogP contribution is -2.42. The van der Waals surface area contributed by atoms with Crippen molar-refractivity contribution in [2.75, 3.05) is 23.1 Å². The highest BCUT2D eigenvalue weighted by atomic mass is 79.9. The Hall–Kier alpha value is -2.59. The maximum atomic E-state index is 12.8. The lowest BCUT2D eigenvalue weighted by Gasteiger charge is -2.31. The van der Waals surface area contributed by atoms with Crippen LogP contribution in [0.5, 0.6) is 0 Å². The molecule has 0 aliphatic carbocycles. The monoisotopic (exact) mass is 623 g/mol. The van der Waals surface area contributed by atoms with E-state index in [1.165, 1.54) is 12.1 Å². The van der Waals surface area contributed by atoms with Gasteiger partial charge < -0.3 is 10.2 Å². The highest BCUT2D eigenvalue weighted by Gasteiger charge is 2.27. The topological polar surface area (TPSA) is 95.6 Å². The number of nitrogens with zero attached hydrogens (tertiary/aromatic N) is 1. The van der Waals surface area contributed by atoms with Crippen LogP contribution in [0.25, 0.3) is 0 Å². The number of likely N-dealkylation sites (tertiary alicyclic amines) is 1. The lowest BCUT2D eigenvalue weighted by atomic mass is 9.95. The maximum absolute atomic E-state index is 12.8. The van der Waals surface area contributed by atoms with Crippen LogP contribution in [0.2, 0.25) is 10.0 Å². The predicted molar refractivity (Wildman–Crippen MR) is 149 cm³/mol. The average Bonchev–Trinajstić information content (AvgIpc) is 2.85. The van der Waals surface area contributed by atoms with Crippen molar-refractivity contribution in [2.45, 2.75) is 24.2 Å². The van der Waals surface area contributed by atoms with E-state index in [2.05, 4.69) is 26.0 Å². The van der Waals surface area contributed by atoms with Crippen molar-refractivity contribution < 1.29 is 18.0 Å². The summed E-state index contributed by atoms with van der Waals surface area (Å²) in [6.45, 7) is 1.01. The summed E-state index contributed by atoms with van der Waals surface area (Å²) in [5.74, 6) is -0.231. The number of hydrogen-bond acceptors (Lipinski definition) is 4. The molecule has 1 aliphatic heterocycles. The second kappa shape index (κ2) is 11.9. The van der Waals surface area contributed by atoms with Crippen LogP contribution in [0.1, 0.15) is 18.4 Å². The molecule has 0 bridgehead atoms. The van der Waals surface area contributed by atoms with Gasteiger partial charge in [-0.2, -0.15) is 0 Å². The predicted octanol–water partition coefficient (Wildman–Crippen LogP) is 5.98. The van der Waals surface area contributed by atoms with Gasteiger partial charge in [0.1, 0.15) is 4.90 Å². The number of sulfonamides is 1. The summed E-state index contributed by atoms with van der Waals surface area (Å²) < 4.78 is 28.8. The van der Waals surface area contributed by atoms with Gasteiger partial charge in [-0.25, -0.2) is 8.42 Å². The second-order valence-electron chi connectivity index (χ2n) is 8.68. The summed E-state index contributed by atoms with van der Waals surface area (Å²) in [5.41, 5.74) is 1.81. The minimum atomic E-state index is -3.99. The van der Waals surface area contributed by atoms with Gasteiger partial charge in [-0.3, -0.25) is 14.3 Å². The summed E-state index contributed by atoms with van der Waals surface area (Å²) in [6, 6.07) is 18.5. The van der Waals surface area contributed by atoms with Crippen LogP contribution in [-0.2, 0) is 26.0 Å². The summed E-state index contributed by atoms with van der Waals surface area (Å²) in [5, 5.41) is 2.99. The SMILES string of the molecule is O=C(Nc1cccc(Br)c1)C1CCN(C(=O)Cc2ccc(NS(=O)(=O)c3c(Cl)cccc3Cl)cc2)CC1. The van der Waals surface area contributed by atoms with Crippen LogP contribution < -0.4 is 10.0 Å². The molecular formula is C26H24BrCl2N3O4S. The molecule has 4 rings (SSSR count). The van der Waals surface area contributed by atoms with Crippen LogP contribution in [0.4, 0.5) is 11.4 Å². The molecule has 3 aromatic carbocycles. The molecule has 1 aliphatic rings. The minimum absolute atomic E-state index is 0.0246. The lowest BCUT2D eigenvalue weighted by molar-refractivity contribution is -0.133. The van der Waals surface area contributed by atoms with E-state index in [9.17, 15) is 18.0 Å². The van der Waals surface area contributed by atoms with Crippen molar-refractivity contribution in [3.63, 3.8) is 0 Å². The zero-order valence-corrected chi connectivity index (χ0v) is 23.5. The van der Waals surface area contributed by atoms with Crippen molar-refractivity contribution in [2.24, 2.45) is 5.92 Å². The first-order valence-corrected chi connectivity index (χ1v) is 14.6. The molecule has 1 saturated heterocycles.